The molecule has 1 aliphatic carbocycles. The summed E-state index contributed by atoms with van der Waals surface area (Å²) in [5.41, 5.74) is 0. The monoisotopic (exact) mass is 336 g/mol. The average Bonchev–Trinajstić information content (AvgIpc) is 3.01. The van der Waals surface area contributed by atoms with Crippen molar-refractivity contribution in [2.45, 2.75) is 51.6 Å². The number of aromatic nitrogens is 3. The lowest BCUT2D eigenvalue weighted by Gasteiger charge is -2.34. The minimum atomic E-state index is -0.218. The number of rotatable bonds is 5. The smallest absolute Gasteiger partial charge is 0.324 e. The summed E-state index contributed by atoms with van der Waals surface area (Å²) in [5, 5.41) is 6.83. The Balaban J connectivity index is 1.89. The summed E-state index contributed by atoms with van der Waals surface area (Å²) in [6, 6.07) is -0.0348. The van der Waals surface area contributed by atoms with Crippen molar-refractivity contribution in [2.75, 3.05) is 26.5 Å². The van der Waals surface area contributed by atoms with Crippen molar-refractivity contribution in [3.05, 3.63) is 6.33 Å². The summed E-state index contributed by atoms with van der Waals surface area (Å²) in [6.45, 7) is 2.20. The van der Waals surface area contributed by atoms with Gasteiger partial charge in [-0.25, -0.2) is 14.5 Å². The molecule has 0 saturated heterocycles. The lowest BCUT2D eigenvalue weighted by Crippen LogP contribution is -2.43. The SMILES string of the molecule is CC(C1CCCCC1)N(C)C(=O)Nc1ncn(CC(=O)N(C)C)n1. The normalized spacial score (nSPS) is 16.5. The maximum Gasteiger partial charge on any atom is 0.324 e. The van der Waals surface area contributed by atoms with Gasteiger partial charge in [-0.15, -0.1) is 5.10 Å². The first-order valence-corrected chi connectivity index (χ1v) is 8.52. The van der Waals surface area contributed by atoms with Gasteiger partial charge in [0, 0.05) is 27.2 Å². The van der Waals surface area contributed by atoms with E-state index in [1.807, 2.05) is 0 Å². The van der Waals surface area contributed by atoms with Crippen molar-refractivity contribution in [3.8, 4) is 0 Å². The molecule has 8 nitrogen and oxygen atoms in total. The minimum absolute atomic E-state index is 0.0826. The van der Waals surface area contributed by atoms with E-state index in [-0.39, 0.29) is 30.5 Å². The van der Waals surface area contributed by atoms with Crippen molar-refractivity contribution in [1.82, 2.24) is 24.6 Å². The Morgan fingerprint density at radius 2 is 1.96 bits per heavy atom. The molecule has 1 heterocycles. The molecule has 3 amide bonds. The Labute approximate surface area is 143 Å². The third kappa shape index (κ3) is 4.69. The fourth-order valence-corrected chi connectivity index (χ4v) is 3.01. The third-order valence-electron chi connectivity index (χ3n) is 4.81. The first-order chi connectivity index (χ1) is 11.4. The van der Waals surface area contributed by atoms with Crippen LogP contribution in [0.3, 0.4) is 0 Å². The largest absolute Gasteiger partial charge is 0.347 e. The second kappa shape index (κ2) is 8.12. The maximum absolute atomic E-state index is 12.4. The predicted octanol–water partition coefficient (Wildman–Crippen LogP) is 1.80. The molecular weight excluding hydrogens is 308 g/mol. The summed E-state index contributed by atoms with van der Waals surface area (Å²) in [6.07, 6.45) is 7.59. The number of anilines is 1. The summed E-state index contributed by atoms with van der Waals surface area (Å²) >= 11 is 0. The third-order valence-corrected chi connectivity index (χ3v) is 4.81. The molecule has 24 heavy (non-hydrogen) atoms. The van der Waals surface area contributed by atoms with E-state index < -0.39 is 0 Å². The highest BCUT2D eigenvalue weighted by Gasteiger charge is 2.26. The van der Waals surface area contributed by atoms with Gasteiger partial charge < -0.3 is 9.80 Å². The Bertz CT molecular complexity index is 565. The van der Waals surface area contributed by atoms with Crippen LogP contribution in [0, 0.1) is 5.92 Å². The lowest BCUT2D eigenvalue weighted by molar-refractivity contribution is -0.129. The lowest BCUT2D eigenvalue weighted by atomic mass is 9.84. The molecule has 1 fully saturated rings. The number of carbonyl (C=O) groups is 2. The molecule has 0 spiro atoms. The van der Waals surface area contributed by atoms with Crippen LogP contribution in [-0.4, -0.2) is 63.7 Å². The van der Waals surface area contributed by atoms with Crippen LogP contribution >= 0.6 is 0 Å². The van der Waals surface area contributed by atoms with Crippen molar-refractivity contribution < 1.29 is 9.59 Å². The molecule has 8 heteroatoms. The molecule has 0 aromatic carbocycles. The summed E-state index contributed by atoms with van der Waals surface area (Å²) < 4.78 is 1.42. The van der Waals surface area contributed by atoms with Crippen LogP contribution in [0.2, 0.25) is 0 Å². The van der Waals surface area contributed by atoms with Gasteiger partial charge in [-0.05, 0) is 25.7 Å². The first kappa shape index (κ1) is 18.2. The van der Waals surface area contributed by atoms with Crippen molar-refractivity contribution in [1.29, 1.82) is 0 Å². The highest BCUT2D eigenvalue weighted by Crippen LogP contribution is 2.28. The Morgan fingerprint density at radius 3 is 2.58 bits per heavy atom. The molecule has 2 rings (SSSR count). The van der Waals surface area contributed by atoms with Crippen LogP contribution in [-0.2, 0) is 11.3 Å². The first-order valence-electron chi connectivity index (χ1n) is 8.52. The molecule has 1 unspecified atom stereocenters. The average molecular weight is 336 g/mol. The minimum Gasteiger partial charge on any atom is -0.347 e. The number of likely N-dealkylation sites (N-methyl/N-ethyl adjacent to an activating group) is 1. The number of nitrogens with zero attached hydrogens (tertiary/aromatic N) is 5. The van der Waals surface area contributed by atoms with Gasteiger partial charge in [-0.1, -0.05) is 19.3 Å². The molecule has 1 aromatic heterocycles. The van der Waals surface area contributed by atoms with Crippen LogP contribution in [0.5, 0.6) is 0 Å². The number of hydrogen-bond donors (Lipinski definition) is 1. The summed E-state index contributed by atoms with van der Waals surface area (Å²) in [4.78, 5) is 31.3. The Kier molecular flexibility index (Phi) is 6.16. The van der Waals surface area contributed by atoms with Gasteiger partial charge >= 0.3 is 6.03 Å². The van der Waals surface area contributed by atoms with E-state index in [2.05, 4.69) is 22.3 Å². The predicted molar refractivity (Wildman–Crippen MR) is 91.5 cm³/mol. The molecule has 134 valence electrons. The van der Waals surface area contributed by atoms with Crippen molar-refractivity contribution in [2.24, 2.45) is 5.92 Å². The second-order valence-electron chi connectivity index (χ2n) is 6.73. The number of nitrogens with one attached hydrogen (secondary N) is 1. The summed E-state index contributed by atoms with van der Waals surface area (Å²) in [5.74, 6) is 0.688. The molecule has 0 radical (unpaired) electrons. The Hall–Kier alpha value is -2.12. The van der Waals surface area contributed by atoms with Gasteiger partial charge in [0.1, 0.15) is 12.9 Å². The molecule has 1 atom stereocenters. The van der Waals surface area contributed by atoms with Gasteiger partial charge in [-0.3, -0.25) is 10.1 Å². The zero-order chi connectivity index (χ0) is 17.7. The van der Waals surface area contributed by atoms with Gasteiger partial charge in [0.25, 0.3) is 0 Å². The number of amides is 3. The van der Waals surface area contributed by atoms with Crippen LogP contribution in [0.4, 0.5) is 10.7 Å². The molecule has 0 bridgehead atoms. The maximum atomic E-state index is 12.4. The number of hydrogen-bond acceptors (Lipinski definition) is 4. The zero-order valence-electron chi connectivity index (χ0n) is 15.0. The molecule has 1 aliphatic rings. The highest BCUT2D eigenvalue weighted by atomic mass is 16.2. The number of urea groups is 1. The fourth-order valence-electron chi connectivity index (χ4n) is 3.01. The topological polar surface area (TPSA) is 83.4 Å². The van der Waals surface area contributed by atoms with E-state index in [1.54, 1.807) is 26.0 Å². The van der Waals surface area contributed by atoms with Crippen LogP contribution in [0.15, 0.2) is 6.33 Å². The molecule has 1 saturated carbocycles. The summed E-state index contributed by atoms with van der Waals surface area (Å²) in [7, 11) is 5.17. The molecule has 1 N–H and O–H groups in total. The quantitative estimate of drug-likeness (QED) is 0.889. The van der Waals surface area contributed by atoms with Gasteiger partial charge in [-0.2, -0.15) is 0 Å². The van der Waals surface area contributed by atoms with Gasteiger partial charge in [0.05, 0.1) is 0 Å². The van der Waals surface area contributed by atoms with Gasteiger partial charge in [0.15, 0.2) is 0 Å². The number of carbonyl (C=O) groups excluding carboxylic acids is 2. The highest BCUT2D eigenvalue weighted by molar-refractivity contribution is 5.87. The van der Waals surface area contributed by atoms with E-state index in [0.717, 1.165) is 0 Å². The molecular formula is C16H28N6O2. The van der Waals surface area contributed by atoms with Crippen LogP contribution in [0.25, 0.3) is 0 Å². The van der Waals surface area contributed by atoms with Crippen molar-refractivity contribution in [3.63, 3.8) is 0 Å². The second-order valence-corrected chi connectivity index (χ2v) is 6.73. The van der Waals surface area contributed by atoms with E-state index in [0.29, 0.717) is 5.92 Å². The van der Waals surface area contributed by atoms with Crippen LogP contribution < -0.4 is 5.32 Å². The molecule has 0 aliphatic heterocycles. The molecule has 1 aromatic rings. The zero-order valence-corrected chi connectivity index (χ0v) is 15.0. The van der Waals surface area contributed by atoms with Crippen LogP contribution in [0.1, 0.15) is 39.0 Å². The van der Waals surface area contributed by atoms with Gasteiger partial charge in [0.2, 0.25) is 11.9 Å². The van der Waals surface area contributed by atoms with E-state index in [1.165, 1.54) is 48.0 Å². The fraction of sp³-hybridized carbons (Fsp3) is 0.750. The Morgan fingerprint density at radius 1 is 1.29 bits per heavy atom. The standard InChI is InChI=1S/C16H28N6O2/c1-12(13-8-6-5-7-9-13)21(4)16(24)18-15-17-11-22(19-15)10-14(23)20(2)3/h11-13H,5-10H2,1-4H3,(H,18,19,24). The van der Waals surface area contributed by atoms with Crippen molar-refractivity contribution >= 4 is 17.9 Å². The van der Waals surface area contributed by atoms with E-state index in [9.17, 15) is 9.59 Å². The van der Waals surface area contributed by atoms with E-state index in [4.69, 9.17) is 0 Å². The van der Waals surface area contributed by atoms with E-state index >= 15 is 0 Å².